The molecule has 1 aromatic heterocycles. The third-order valence-corrected chi connectivity index (χ3v) is 4.51. The highest BCUT2D eigenvalue weighted by atomic mass is 16.5. The predicted molar refractivity (Wildman–Crippen MR) is 110 cm³/mol. The largest absolute Gasteiger partial charge is 0.439 e. The van der Waals surface area contributed by atoms with Crippen LogP contribution in [0.5, 0.6) is 11.6 Å². The number of ether oxygens (including phenoxy) is 1. The van der Waals surface area contributed by atoms with Crippen molar-refractivity contribution in [3.63, 3.8) is 0 Å². The van der Waals surface area contributed by atoms with E-state index in [9.17, 15) is 4.79 Å². The summed E-state index contributed by atoms with van der Waals surface area (Å²) in [5.41, 5.74) is 1.02. The van der Waals surface area contributed by atoms with Gasteiger partial charge in [0.25, 0.3) is 0 Å². The Morgan fingerprint density at radius 3 is 2.48 bits per heavy atom. The molecule has 0 saturated carbocycles. The average molecular weight is 369 g/mol. The average Bonchev–Trinajstić information content (AvgIpc) is 2.69. The molecule has 0 bridgehead atoms. The van der Waals surface area contributed by atoms with Gasteiger partial charge in [-0.2, -0.15) is 0 Å². The topological polar surface area (TPSA) is 51.2 Å². The minimum absolute atomic E-state index is 0.122. The molecular formula is C23H32N2O2. The van der Waals surface area contributed by atoms with Crippen LogP contribution in [0.3, 0.4) is 0 Å². The first-order valence-electron chi connectivity index (χ1n) is 10.2. The summed E-state index contributed by atoms with van der Waals surface area (Å²) in [6.45, 7) is 2.76. The van der Waals surface area contributed by atoms with Crippen LogP contribution in [0, 0.1) is 0 Å². The lowest BCUT2D eigenvalue weighted by Gasteiger charge is -2.08. The molecule has 4 heteroatoms. The lowest BCUT2D eigenvalue weighted by molar-refractivity contribution is -0.121. The van der Waals surface area contributed by atoms with Crippen molar-refractivity contribution >= 4 is 5.91 Å². The fourth-order valence-corrected chi connectivity index (χ4v) is 2.96. The number of hydrogen-bond acceptors (Lipinski definition) is 3. The molecule has 0 fully saturated rings. The van der Waals surface area contributed by atoms with Gasteiger partial charge in [0.15, 0.2) is 0 Å². The Hall–Kier alpha value is -2.36. The maximum absolute atomic E-state index is 12.0. The van der Waals surface area contributed by atoms with Crippen molar-refractivity contribution in [2.24, 2.45) is 0 Å². The van der Waals surface area contributed by atoms with Gasteiger partial charge in [-0.05, 0) is 30.2 Å². The second-order valence-electron chi connectivity index (χ2n) is 6.92. The summed E-state index contributed by atoms with van der Waals surface area (Å²) >= 11 is 0. The molecule has 1 amide bonds. The summed E-state index contributed by atoms with van der Waals surface area (Å²) < 4.78 is 5.73. The van der Waals surface area contributed by atoms with Gasteiger partial charge in [-0.1, -0.05) is 70.1 Å². The summed E-state index contributed by atoms with van der Waals surface area (Å²) in [6.07, 6.45) is 12.3. The van der Waals surface area contributed by atoms with E-state index in [1.54, 1.807) is 6.20 Å². The summed E-state index contributed by atoms with van der Waals surface area (Å²) in [5, 5.41) is 3.00. The third kappa shape index (κ3) is 9.23. The Labute approximate surface area is 163 Å². The van der Waals surface area contributed by atoms with E-state index in [1.165, 1.54) is 38.5 Å². The van der Waals surface area contributed by atoms with Crippen molar-refractivity contribution in [3.8, 4) is 11.6 Å². The number of aromatic nitrogens is 1. The van der Waals surface area contributed by atoms with Crippen molar-refractivity contribution < 1.29 is 9.53 Å². The van der Waals surface area contributed by atoms with E-state index >= 15 is 0 Å². The van der Waals surface area contributed by atoms with Crippen LogP contribution in [0.2, 0.25) is 0 Å². The summed E-state index contributed by atoms with van der Waals surface area (Å²) in [7, 11) is 0. The molecule has 2 aromatic rings. The van der Waals surface area contributed by atoms with E-state index in [-0.39, 0.29) is 5.91 Å². The van der Waals surface area contributed by atoms with Crippen LogP contribution >= 0.6 is 0 Å². The molecule has 27 heavy (non-hydrogen) atoms. The fraction of sp³-hybridized carbons (Fsp3) is 0.478. The molecule has 0 saturated heterocycles. The monoisotopic (exact) mass is 368 g/mol. The van der Waals surface area contributed by atoms with E-state index in [1.807, 2.05) is 42.5 Å². The standard InChI is InChI=1S/C23H32N2O2/c1-2-3-4-5-6-7-8-9-15-22(26)25-19-20-13-12-14-21(18-20)27-23-16-10-11-17-24-23/h10-14,16-18H,2-9,15,19H2,1H3,(H,25,26). The number of rotatable bonds is 13. The second-order valence-corrected chi connectivity index (χ2v) is 6.92. The first-order chi connectivity index (χ1) is 13.3. The van der Waals surface area contributed by atoms with Gasteiger partial charge >= 0.3 is 0 Å². The molecular weight excluding hydrogens is 336 g/mol. The van der Waals surface area contributed by atoms with Crippen molar-refractivity contribution in [2.75, 3.05) is 0 Å². The molecule has 4 nitrogen and oxygen atoms in total. The molecule has 0 radical (unpaired) electrons. The van der Waals surface area contributed by atoms with Gasteiger partial charge < -0.3 is 10.1 Å². The predicted octanol–water partition coefficient (Wildman–Crippen LogP) is 6.02. The molecule has 1 heterocycles. The molecule has 0 atom stereocenters. The number of unbranched alkanes of at least 4 members (excludes halogenated alkanes) is 7. The Balaban J connectivity index is 1.61. The summed E-state index contributed by atoms with van der Waals surface area (Å²) in [6, 6.07) is 13.3. The van der Waals surface area contributed by atoms with Gasteiger partial charge in [-0.25, -0.2) is 4.98 Å². The fourth-order valence-electron chi connectivity index (χ4n) is 2.96. The number of benzene rings is 1. The van der Waals surface area contributed by atoms with Crippen LogP contribution in [0.25, 0.3) is 0 Å². The minimum Gasteiger partial charge on any atom is -0.439 e. The molecule has 0 aliphatic carbocycles. The summed E-state index contributed by atoms with van der Waals surface area (Å²) in [4.78, 5) is 16.2. The van der Waals surface area contributed by atoms with Gasteiger partial charge in [-0.15, -0.1) is 0 Å². The first-order valence-corrected chi connectivity index (χ1v) is 10.2. The number of amides is 1. The van der Waals surface area contributed by atoms with E-state index in [4.69, 9.17) is 4.74 Å². The third-order valence-electron chi connectivity index (χ3n) is 4.51. The first kappa shape index (κ1) is 20.9. The van der Waals surface area contributed by atoms with Crippen molar-refractivity contribution in [1.29, 1.82) is 0 Å². The van der Waals surface area contributed by atoms with Crippen LogP contribution in [0.1, 0.15) is 70.3 Å². The Morgan fingerprint density at radius 1 is 0.963 bits per heavy atom. The minimum atomic E-state index is 0.122. The number of nitrogens with one attached hydrogen (secondary N) is 1. The van der Waals surface area contributed by atoms with Crippen LogP contribution in [-0.4, -0.2) is 10.9 Å². The zero-order valence-corrected chi connectivity index (χ0v) is 16.5. The highest BCUT2D eigenvalue weighted by Crippen LogP contribution is 2.20. The van der Waals surface area contributed by atoms with E-state index < -0.39 is 0 Å². The Morgan fingerprint density at radius 2 is 1.74 bits per heavy atom. The number of hydrogen-bond donors (Lipinski definition) is 1. The molecule has 146 valence electrons. The van der Waals surface area contributed by atoms with Crippen LogP contribution in [-0.2, 0) is 11.3 Å². The maximum atomic E-state index is 12.0. The van der Waals surface area contributed by atoms with E-state index in [0.717, 1.165) is 24.2 Å². The number of carbonyl (C=O) groups is 1. The smallest absolute Gasteiger partial charge is 0.220 e. The SMILES string of the molecule is CCCCCCCCCCC(=O)NCc1cccc(Oc2ccccn2)c1. The molecule has 0 unspecified atom stereocenters. The lowest BCUT2D eigenvalue weighted by Crippen LogP contribution is -2.22. The zero-order chi connectivity index (χ0) is 19.2. The molecule has 0 aliphatic rings. The highest BCUT2D eigenvalue weighted by Gasteiger charge is 2.03. The van der Waals surface area contributed by atoms with Gasteiger partial charge in [0.1, 0.15) is 5.75 Å². The van der Waals surface area contributed by atoms with Gasteiger partial charge in [-0.3, -0.25) is 4.79 Å². The van der Waals surface area contributed by atoms with Crippen molar-refractivity contribution in [2.45, 2.75) is 71.3 Å². The molecule has 0 spiro atoms. The zero-order valence-electron chi connectivity index (χ0n) is 16.5. The maximum Gasteiger partial charge on any atom is 0.220 e. The van der Waals surface area contributed by atoms with Gasteiger partial charge in [0.2, 0.25) is 11.8 Å². The number of carbonyl (C=O) groups excluding carboxylic acids is 1. The van der Waals surface area contributed by atoms with Crippen molar-refractivity contribution in [1.82, 2.24) is 10.3 Å². The van der Waals surface area contributed by atoms with Gasteiger partial charge in [0.05, 0.1) is 0 Å². The summed E-state index contributed by atoms with van der Waals surface area (Å²) in [5.74, 6) is 1.41. The Kier molecular flexibility index (Phi) is 10.0. The number of pyridine rings is 1. The normalized spacial score (nSPS) is 10.6. The van der Waals surface area contributed by atoms with E-state index in [2.05, 4.69) is 17.2 Å². The molecule has 1 aromatic carbocycles. The van der Waals surface area contributed by atoms with Crippen molar-refractivity contribution in [3.05, 3.63) is 54.2 Å². The quantitative estimate of drug-likeness (QED) is 0.440. The van der Waals surface area contributed by atoms with E-state index in [0.29, 0.717) is 18.8 Å². The molecule has 1 N–H and O–H groups in total. The number of nitrogens with zero attached hydrogens (tertiary/aromatic N) is 1. The molecule has 2 rings (SSSR count). The Bertz CT molecular complexity index is 658. The van der Waals surface area contributed by atoms with Gasteiger partial charge in [0, 0.05) is 25.2 Å². The second kappa shape index (κ2) is 12.9. The molecule has 0 aliphatic heterocycles. The van der Waals surface area contributed by atoms with Crippen LogP contribution in [0.4, 0.5) is 0 Å². The highest BCUT2D eigenvalue weighted by molar-refractivity contribution is 5.75. The lowest BCUT2D eigenvalue weighted by atomic mass is 10.1. The van der Waals surface area contributed by atoms with Crippen LogP contribution < -0.4 is 10.1 Å². The van der Waals surface area contributed by atoms with Crippen LogP contribution in [0.15, 0.2) is 48.7 Å².